The van der Waals surface area contributed by atoms with Gasteiger partial charge in [0.15, 0.2) is 0 Å². The maximum atomic E-state index is 11.8. The molecule has 0 aliphatic heterocycles. The second-order valence-corrected chi connectivity index (χ2v) is 5.13. The van der Waals surface area contributed by atoms with Crippen molar-refractivity contribution in [3.05, 3.63) is 22.4 Å². The van der Waals surface area contributed by atoms with E-state index in [1.165, 1.54) is 11.3 Å². The molecule has 0 saturated heterocycles. The summed E-state index contributed by atoms with van der Waals surface area (Å²) in [5, 5.41) is 13.3. The lowest BCUT2D eigenvalue weighted by Gasteiger charge is -2.16. The van der Waals surface area contributed by atoms with Crippen LogP contribution in [-0.2, 0) is 9.59 Å². The highest BCUT2D eigenvalue weighted by Crippen LogP contribution is 2.33. The summed E-state index contributed by atoms with van der Waals surface area (Å²) >= 11 is 1.39. The van der Waals surface area contributed by atoms with E-state index >= 15 is 0 Å². The second-order valence-electron chi connectivity index (χ2n) is 4.16. The van der Waals surface area contributed by atoms with Crippen molar-refractivity contribution in [2.45, 2.75) is 24.9 Å². The minimum atomic E-state index is -0.987. The first kappa shape index (κ1) is 12.1. The highest BCUT2D eigenvalue weighted by Gasteiger charge is 2.38. The molecule has 1 aromatic rings. The summed E-state index contributed by atoms with van der Waals surface area (Å²) in [5.74, 6) is -1.35. The summed E-state index contributed by atoms with van der Waals surface area (Å²) in [5.41, 5.74) is 5.76. The first-order valence-electron chi connectivity index (χ1n) is 5.41. The van der Waals surface area contributed by atoms with E-state index in [-0.39, 0.29) is 5.92 Å². The van der Waals surface area contributed by atoms with Crippen LogP contribution < -0.4 is 11.1 Å². The largest absolute Gasteiger partial charge is 0.480 e. The number of hydrogen-bond acceptors (Lipinski definition) is 4. The Bertz CT molecular complexity index is 414. The lowest BCUT2D eigenvalue weighted by Crippen LogP contribution is -2.46. The van der Waals surface area contributed by atoms with Gasteiger partial charge in [0, 0.05) is 4.88 Å². The number of hydrogen-bond donors (Lipinski definition) is 3. The van der Waals surface area contributed by atoms with E-state index < -0.39 is 24.0 Å². The third kappa shape index (κ3) is 2.83. The molecule has 2 unspecified atom stereocenters. The van der Waals surface area contributed by atoms with Gasteiger partial charge in [-0.2, -0.15) is 0 Å². The summed E-state index contributed by atoms with van der Waals surface area (Å²) in [4.78, 5) is 23.5. The van der Waals surface area contributed by atoms with Crippen LogP contribution in [0.2, 0.25) is 0 Å². The van der Waals surface area contributed by atoms with Crippen molar-refractivity contribution in [3.63, 3.8) is 0 Å². The smallest absolute Gasteiger partial charge is 0.326 e. The fraction of sp³-hybridized carbons (Fsp3) is 0.455. The van der Waals surface area contributed by atoms with Crippen LogP contribution in [-0.4, -0.2) is 23.0 Å². The van der Waals surface area contributed by atoms with Gasteiger partial charge in [0.05, 0.1) is 0 Å². The molecule has 1 heterocycles. The first-order chi connectivity index (χ1) is 8.09. The molecule has 92 valence electrons. The molecular weight excluding hydrogens is 240 g/mol. The van der Waals surface area contributed by atoms with Crippen LogP contribution in [0.3, 0.4) is 0 Å². The molecule has 2 atom stereocenters. The van der Waals surface area contributed by atoms with Crippen molar-refractivity contribution < 1.29 is 14.7 Å². The van der Waals surface area contributed by atoms with Crippen LogP contribution >= 0.6 is 11.3 Å². The van der Waals surface area contributed by atoms with E-state index in [4.69, 9.17) is 10.8 Å². The first-order valence-corrected chi connectivity index (χ1v) is 6.29. The van der Waals surface area contributed by atoms with Crippen molar-refractivity contribution in [1.82, 2.24) is 5.32 Å². The third-order valence-corrected chi connectivity index (χ3v) is 3.74. The molecule has 1 aromatic heterocycles. The molecule has 6 heteroatoms. The van der Waals surface area contributed by atoms with Crippen molar-refractivity contribution in [2.75, 3.05) is 0 Å². The van der Waals surface area contributed by atoms with Crippen molar-refractivity contribution in [3.8, 4) is 0 Å². The summed E-state index contributed by atoms with van der Waals surface area (Å²) in [7, 11) is 0. The summed E-state index contributed by atoms with van der Waals surface area (Å²) < 4.78 is 0. The Hall–Kier alpha value is -1.40. The summed E-state index contributed by atoms with van der Waals surface area (Å²) in [6.45, 7) is 0. The standard InChI is InChI=1S/C11H14N2O3S/c12-8(7-2-1-5-17-7)10(14)13-9(11(15)16)6-3-4-6/h1-2,5-6,8-9H,3-4,12H2,(H,13,14)(H,15,16). The summed E-state index contributed by atoms with van der Waals surface area (Å²) in [6.07, 6.45) is 1.71. The monoisotopic (exact) mass is 254 g/mol. The number of nitrogens with one attached hydrogen (secondary N) is 1. The molecule has 5 nitrogen and oxygen atoms in total. The van der Waals surface area contributed by atoms with Crippen LogP contribution in [0.4, 0.5) is 0 Å². The fourth-order valence-electron chi connectivity index (χ4n) is 1.65. The van der Waals surface area contributed by atoms with Gasteiger partial charge in [-0.25, -0.2) is 4.79 Å². The zero-order chi connectivity index (χ0) is 12.4. The predicted octanol–water partition coefficient (Wildman–Crippen LogP) is 0.727. The van der Waals surface area contributed by atoms with Gasteiger partial charge < -0.3 is 16.2 Å². The van der Waals surface area contributed by atoms with E-state index in [1.807, 2.05) is 11.4 Å². The Balaban J connectivity index is 1.98. The number of carboxylic acids is 1. The van der Waals surface area contributed by atoms with Crippen LogP contribution in [0.1, 0.15) is 23.8 Å². The Morgan fingerprint density at radius 1 is 1.53 bits per heavy atom. The van der Waals surface area contributed by atoms with Gasteiger partial charge in [0.1, 0.15) is 12.1 Å². The molecule has 4 N–H and O–H groups in total. The third-order valence-electron chi connectivity index (χ3n) is 2.79. The lowest BCUT2D eigenvalue weighted by molar-refractivity contribution is -0.142. The normalized spacial score (nSPS) is 18.4. The fourth-order valence-corrected chi connectivity index (χ4v) is 2.38. The van der Waals surface area contributed by atoms with Crippen LogP contribution in [0.15, 0.2) is 17.5 Å². The van der Waals surface area contributed by atoms with Crippen LogP contribution in [0, 0.1) is 5.92 Å². The molecule has 17 heavy (non-hydrogen) atoms. The Kier molecular flexibility index (Phi) is 3.44. The van der Waals surface area contributed by atoms with Crippen LogP contribution in [0.5, 0.6) is 0 Å². The van der Waals surface area contributed by atoms with E-state index in [1.54, 1.807) is 6.07 Å². The molecular formula is C11H14N2O3S. The topological polar surface area (TPSA) is 92.4 Å². The molecule has 1 aliphatic carbocycles. The zero-order valence-corrected chi connectivity index (χ0v) is 9.94. The lowest BCUT2D eigenvalue weighted by atomic mass is 10.1. The SMILES string of the molecule is NC(C(=O)NC(C(=O)O)C1CC1)c1cccs1. The number of carboxylic acid groups (broad SMARTS) is 1. The van der Waals surface area contributed by atoms with Gasteiger partial charge in [-0.3, -0.25) is 4.79 Å². The summed E-state index contributed by atoms with van der Waals surface area (Å²) in [6, 6.07) is 1.99. The number of carbonyl (C=O) groups is 2. The number of aliphatic carboxylic acids is 1. The highest BCUT2D eigenvalue weighted by atomic mass is 32.1. The molecule has 1 amide bonds. The highest BCUT2D eigenvalue weighted by molar-refractivity contribution is 7.10. The molecule has 0 radical (unpaired) electrons. The average Bonchev–Trinajstić information content (AvgIpc) is 2.98. The van der Waals surface area contributed by atoms with Gasteiger partial charge in [-0.05, 0) is 30.2 Å². The Morgan fingerprint density at radius 2 is 2.24 bits per heavy atom. The van der Waals surface area contributed by atoms with Gasteiger partial charge in [0.2, 0.25) is 5.91 Å². The Morgan fingerprint density at radius 3 is 2.71 bits per heavy atom. The number of amides is 1. The van der Waals surface area contributed by atoms with E-state index in [0.717, 1.165) is 17.7 Å². The van der Waals surface area contributed by atoms with Gasteiger partial charge in [-0.1, -0.05) is 6.07 Å². The van der Waals surface area contributed by atoms with E-state index in [2.05, 4.69) is 5.32 Å². The number of nitrogens with two attached hydrogens (primary N) is 1. The quantitative estimate of drug-likeness (QED) is 0.722. The molecule has 0 spiro atoms. The predicted molar refractivity (Wildman–Crippen MR) is 63.5 cm³/mol. The average molecular weight is 254 g/mol. The van der Waals surface area contributed by atoms with E-state index in [9.17, 15) is 9.59 Å². The van der Waals surface area contributed by atoms with E-state index in [0.29, 0.717) is 0 Å². The molecule has 1 aliphatic rings. The maximum absolute atomic E-state index is 11.8. The van der Waals surface area contributed by atoms with Crippen molar-refractivity contribution in [1.29, 1.82) is 0 Å². The molecule has 0 bridgehead atoms. The maximum Gasteiger partial charge on any atom is 0.326 e. The van der Waals surface area contributed by atoms with Crippen LogP contribution in [0.25, 0.3) is 0 Å². The number of thiophene rings is 1. The minimum Gasteiger partial charge on any atom is -0.480 e. The van der Waals surface area contributed by atoms with Gasteiger partial charge in [0.25, 0.3) is 0 Å². The second kappa shape index (κ2) is 4.85. The molecule has 2 rings (SSSR count). The minimum absolute atomic E-state index is 0.0620. The van der Waals surface area contributed by atoms with Gasteiger partial charge in [-0.15, -0.1) is 11.3 Å². The molecule has 0 aromatic carbocycles. The zero-order valence-electron chi connectivity index (χ0n) is 9.13. The van der Waals surface area contributed by atoms with Gasteiger partial charge >= 0.3 is 5.97 Å². The molecule has 1 fully saturated rings. The molecule has 1 saturated carbocycles. The number of carbonyl (C=O) groups excluding carboxylic acids is 1. The Labute approximate surface area is 103 Å². The number of rotatable bonds is 5. The van der Waals surface area contributed by atoms with Crippen molar-refractivity contribution >= 4 is 23.2 Å². The van der Waals surface area contributed by atoms with Crippen molar-refractivity contribution in [2.24, 2.45) is 11.7 Å².